The van der Waals surface area contributed by atoms with Crippen molar-refractivity contribution in [3.05, 3.63) is 0 Å². The Hall–Kier alpha value is -2.31. The molecule has 3 aliphatic rings. The summed E-state index contributed by atoms with van der Waals surface area (Å²) in [6, 6.07) is -2.73. The van der Waals surface area contributed by atoms with Gasteiger partial charge >= 0.3 is 5.97 Å². The molecule has 524 valence electrons. The Morgan fingerprint density at radius 2 is 1.02 bits per heavy atom. The highest BCUT2D eigenvalue weighted by molar-refractivity contribution is 5.80. The van der Waals surface area contributed by atoms with Gasteiger partial charge in [-0.25, -0.2) is 4.79 Å². The first-order valence-electron chi connectivity index (χ1n) is 34.4. The van der Waals surface area contributed by atoms with Gasteiger partial charge in [-0.1, -0.05) is 220 Å². The van der Waals surface area contributed by atoms with Crippen molar-refractivity contribution in [3.8, 4) is 0 Å². The van der Waals surface area contributed by atoms with Crippen LogP contribution in [-0.2, 0) is 42.8 Å². The lowest BCUT2D eigenvalue weighted by atomic mass is 9.88. The van der Waals surface area contributed by atoms with Gasteiger partial charge in [0.05, 0.1) is 50.7 Å². The molecule has 2 unspecified atom stereocenters. The molecule has 3 saturated heterocycles. The number of aliphatic hydroxyl groups excluding tert-OH is 12. The standard InChI is InChI=1S/C65H122N2O22/c1-5-7-9-11-13-15-17-19-20-21-22-23-25-27-29-31-33-35-37-46(72)61(81)67-45(52(75)43(3)36-34-32-30-28-26-24-18-16-14-12-10-8-6-2)42-84-62-56(79)55(78)58(50(41-70)86-62)87-63-57(80)60(54(77)49(40-69)85-63)89-65(64(82)83)38-47(73)51(66-44(4)71)59(88-65)53(76)48(74)39-68/h43,45-60,62-63,68-70,72-80H,5-42H2,1-4H3,(H,66,71)(H,67,81)(H,82,83)/t43-,45+,46-,47+,48?,49-,50-,51-,52-,53?,54+,55-,56-,57-,58-,59-,60+,62-,63+,65+/m1/s1. The van der Waals surface area contributed by atoms with Crippen LogP contribution in [0.5, 0.6) is 0 Å². The molecule has 89 heavy (non-hydrogen) atoms. The molecule has 24 heteroatoms. The fourth-order valence-corrected chi connectivity index (χ4v) is 12.4. The number of carbonyl (C=O) groups is 3. The van der Waals surface area contributed by atoms with E-state index < -0.39 is 167 Å². The first-order valence-corrected chi connectivity index (χ1v) is 34.4. The number of ether oxygens (including phenoxy) is 6. The Labute approximate surface area is 530 Å². The van der Waals surface area contributed by atoms with E-state index in [2.05, 4.69) is 24.5 Å². The molecule has 20 atom stereocenters. The smallest absolute Gasteiger partial charge is 0.364 e. The van der Waals surface area contributed by atoms with Crippen LogP contribution >= 0.6 is 0 Å². The number of hydrogen-bond acceptors (Lipinski definition) is 21. The number of carboxylic acid groups (broad SMARTS) is 1. The zero-order valence-electron chi connectivity index (χ0n) is 54.3. The molecule has 3 rings (SSSR count). The minimum atomic E-state index is -3.09. The molecular formula is C65H122N2O22. The number of nitrogens with one attached hydrogen (secondary N) is 2. The largest absolute Gasteiger partial charge is 0.477 e. The predicted molar refractivity (Wildman–Crippen MR) is 331 cm³/mol. The zero-order valence-corrected chi connectivity index (χ0v) is 54.3. The van der Waals surface area contributed by atoms with Gasteiger partial charge in [0.15, 0.2) is 12.6 Å². The van der Waals surface area contributed by atoms with Gasteiger partial charge in [0.1, 0.15) is 73.2 Å². The van der Waals surface area contributed by atoms with Crippen molar-refractivity contribution in [2.75, 3.05) is 26.4 Å². The Kier molecular flexibility index (Phi) is 41.8. The van der Waals surface area contributed by atoms with Crippen molar-refractivity contribution in [2.24, 2.45) is 5.92 Å². The number of aliphatic carboxylic acids is 1. The maximum Gasteiger partial charge on any atom is 0.364 e. The van der Waals surface area contributed by atoms with Gasteiger partial charge in [-0.15, -0.1) is 0 Å². The van der Waals surface area contributed by atoms with E-state index in [0.29, 0.717) is 12.8 Å². The molecule has 15 N–H and O–H groups in total. The summed E-state index contributed by atoms with van der Waals surface area (Å²) >= 11 is 0. The van der Waals surface area contributed by atoms with Gasteiger partial charge in [-0.05, 0) is 18.8 Å². The third kappa shape index (κ3) is 28.7. The molecule has 0 aliphatic carbocycles. The summed E-state index contributed by atoms with van der Waals surface area (Å²) in [7, 11) is 0. The summed E-state index contributed by atoms with van der Waals surface area (Å²) in [5, 5.41) is 147. The summed E-state index contributed by atoms with van der Waals surface area (Å²) in [5.41, 5.74) is 0. The number of carbonyl (C=O) groups excluding carboxylic acids is 2. The number of hydrogen-bond donors (Lipinski definition) is 15. The normalized spacial score (nSPS) is 29.5. The lowest BCUT2D eigenvalue weighted by Gasteiger charge is -2.50. The molecule has 2 amide bonds. The number of aliphatic hydroxyl groups is 12. The summed E-state index contributed by atoms with van der Waals surface area (Å²) in [5.74, 6) is -6.94. The number of unbranched alkanes of at least 4 members (excludes halogenated alkanes) is 29. The average Bonchev–Trinajstić information content (AvgIpc) is 0.858. The molecule has 24 nitrogen and oxygen atoms in total. The Morgan fingerprint density at radius 3 is 1.46 bits per heavy atom. The third-order valence-corrected chi connectivity index (χ3v) is 18.1. The third-order valence-electron chi connectivity index (χ3n) is 18.1. The highest BCUT2D eigenvalue weighted by Crippen LogP contribution is 2.39. The van der Waals surface area contributed by atoms with E-state index in [-0.39, 0.29) is 12.3 Å². The van der Waals surface area contributed by atoms with Crippen LogP contribution in [0.15, 0.2) is 0 Å². The molecular weight excluding hydrogens is 1160 g/mol. The van der Waals surface area contributed by atoms with Crippen LogP contribution < -0.4 is 10.6 Å². The van der Waals surface area contributed by atoms with Crippen LogP contribution in [0.25, 0.3) is 0 Å². The highest BCUT2D eigenvalue weighted by Gasteiger charge is 2.60. The molecule has 0 saturated carbocycles. The minimum Gasteiger partial charge on any atom is -0.477 e. The van der Waals surface area contributed by atoms with Gasteiger partial charge < -0.3 is 105 Å². The molecule has 0 aromatic rings. The van der Waals surface area contributed by atoms with Crippen molar-refractivity contribution in [2.45, 2.75) is 362 Å². The predicted octanol–water partition coefficient (Wildman–Crippen LogP) is 4.56. The van der Waals surface area contributed by atoms with Crippen molar-refractivity contribution in [1.29, 1.82) is 0 Å². The lowest BCUT2D eigenvalue weighted by molar-refractivity contribution is -0.386. The molecule has 3 aliphatic heterocycles. The van der Waals surface area contributed by atoms with Gasteiger partial charge in [0.2, 0.25) is 11.8 Å². The second kappa shape index (κ2) is 45.9. The SMILES string of the molecule is CCCCCCCCCCCCCCCCCCCC[C@@H](O)C(=O)N[C@@H](CO[C@@H]1O[C@H](CO)[C@@H](O[C@@H]2O[C@H](CO)[C@H](O)[C@H](O[C@]3(C(=O)O)C[C@H](O)[C@@H](NC(C)=O)[C@H](C(O)C(O)CO)O3)[C@H]2O)[C@H](O)[C@H]1O)[C@H](O)[C@H](C)CCCCCCCCCCCCCCC. The zero-order chi connectivity index (χ0) is 65.7. The van der Waals surface area contributed by atoms with Gasteiger partial charge in [-0.3, -0.25) is 9.59 Å². The first-order chi connectivity index (χ1) is 42.7. The maximum absolute atomic E-state index is 13.6. The van der Waals surface area contributed by atoms with E-state index >= 15 is 0 Å². The molecule has 0 spiro atoms. The van der Waals surface area contributed by atoms with Crippen molar-refractivity contribution in [3.63, 3.8) is 0 Å². The molecule has 3 heterocycles. The van der Waals surface area contributed by atoms with Crippen LogP contribution in [0.4, 0.5) is 0 Å². The van der Waals surface area contributed by atoms with Crippen molar-refractivity contribution < 1.29 is 109 Å². The summed E-state index contributed by atoms with van der Waals surface area (Å²) < 4.78 is 34.8. The van der Waals surface area contributed by atoms with Gasteiger partial charge in [-0.2, -0.15) is 0 Å². The van der Waals surface area contributed by atoms with E-state index in [9.17, 15) is 80.8 Å². The lowest BCUT2D eigenvalue weighted by Crippen LogP contribution is -2.70. The second-order valence-corrected chi connectivity index (χ2v) is 25.7. The van der Waals surface area contributed by atoms with E-state index in [4.69, 9.17) is 28.4 Å². The van der Waals surface area contributed by atoms with Crippen molar-refractivity contribution in [1.82, 2.24) is 10.6 Å². The van der Waals surface area contributed by atoms with Gasteiger partial charge in [0, 0.05) is 13.3 Å². The second-order valence-electron chi connectivity index (χ2n) is 25.7. The fourth-order valence-electron chi connectivity index (χ4n) is 12.4. The highest BCUT2D eigenvalue weighted by atomic mass is 16.8. The fraction of sp³-hybridized carbons (Fsp3) is 0.954. The van der Waals surface area contributed by atoms with Crippen LogP contribution in [0.2, 0.25) is 0 Å². The summed E-state index contributed by atoms with van der Waals surface area (Å²) in [4.78, 5) is 38.7. The molecule has 0 aromatic carbocycles. The maximum atomic E-state index is 13.6. The molecule has 3 fully saturated rings. The van der Waals surface area contributed by atoms with Gasteiger partial charge in [0.25, 0.3) is 5.79 Å². The van der Waals surface area contributed by atoms with E-state index in [0.717, 1.165) is 58.3 Å². The van der Waals surface area contributed by atoms with E-state index in [1.54, 1.807) is 0 Å². The van der Waals surface area contributed by atoms with Crippen LogP contribution in [-0.4, -0.2) is 227 Å². The molecule has 0 radical (unpaired) electrons. The first kappa shape index (κ1) is 80.9. The van der Waals surface area contributed by atoms with Crippen molar-refractivity contribution >= 4 is 17.8 Å². The summed E-state index contributed by atoms with van der Waals surface area (Å²) in [6.07, 6.45) is 6.55. The Morgan fingerprint density at radius 1 is 0.573 bits per heavy atom. The van der Waals surface area contributed by atoms with Crippen LogP contribution in [0.3, 0.4) is 0 Å². The van der Waals surface area contributed by atoms with Crippen LogP contribution in [0, 0.1) is 5.92 Å². The number of carboxylic acids is 1. The molecule has 0 bridgehead atoms. The number of rotatable bonds is 51. The Balaban J connectivity index is 1.65. The molecule has 0 aromatic heterocycles. The average molecular weight is 1280 g/mol. The minimum absolute atomic E-state index is 0.196. The summed E-state index contributed by atoms with van der Waals surface area (Å²) in [6.45, 7) is 3.84. The van der Waals surface area contributed by atoms with Crippen LogP contribution in [0.1, 0.15) is 246 Å². The topological polar surface area (TPSA) is 394 Å². The number of amides is 2. The quantitative estimate of drug-likeness (QED) is 0.0371. The monoisotopic (exact) mass is 1280 g/mol. The Bertz CT molecular complexity index is 1850. The van der Waals surface area contributed by atoms with E-state index in [1.165, 1.54) is 141 Å². The van der Waals surface area contributed by atoms with E-state index in [1.807, 2.05) is 6.92 Å².